The average Bonchev–Trinajstić information content (AvgIpc) is 3.00. The summed E-state index contributed by atoms with van der Waals surface area (Å²) in [5, 5.41) is 10.0. The van der Waals surface area contributed by atoms with Crippen LogP contribution in [-0.4, -0.2) is 43.0 Å². The monoisotopic (exact) mass is 305 g/mol. The van der Waals surface area contributed by atoms with Crippen molar-refractivity contribution in [1.29, 1.82) is 0 Å². The lowest BCUT2D eigenvalue weighted by Gasteiger charge is -2.00. The number of esters is 1. The summed E-state index contributed by atoms with van der Waals surface area (Å²) in [7, 11) is 3.35. The summed E-state index contributed by atoms with van der Waals surface area (Å²) in [5.74, 6) is -0.0974. The van der Waals surface area contributed by atoms with Gasteiger partial charge in [0.05, 0.1) is 18.2 Å². The van der Waals surface area contributed by atoms with Crippen molar-refractivity contribution in [3.8, 4) is 0 Å². The van der Waals surface area contributed by atoms with E-state index >= 15 is 0 Å². The lowest BCUT2D eigenvalue weighted by molar-refractivity contribution is -0.137. The first-order valence-corrected chi connectivity index (χ1v) is 7.38. The summed E-state index contributed by atoms with van der Waals surface area (Å²) in [6.07, 6.45) is 1.69. The molecule has 0 aliphatic heterocycles. The summed E-state index contributed by atoms with van der Waals surface area (Å²) < 4.78 is 8.48. The predicted molar refractivity (Wildman–Crippen MR) is 79.5 cm³/mol. The molecule has 0 saturated heterocycles. The van der Waals surface area contributed by atoms with E-state index in [2.05, 4.69) is 33.8 Å². The third-order valence-electron chi connectivity index (χ3n) is 3.69. The third-order valence-corrected chi connectivity index (χ3v) is 4.61. The number of methoxy groups -OCH3 is 1. The Hall–Kier alpha value is -2.09. The lowest BCUT2D eigenvalue weighted by atomic mass is 10.2. The first kappa shape index (κ1) is 13.9. The van der Waals surface area contributed by atoms with E-state index in [4.69, 9.17) is 0 Å². The zero-order valence-corrected chi connectivity index (χ0v) is 13.1. The number of carbonyl (C=O) groups is 1. The second-order valence-corrected chi connectivity index (χ2v) is 5.70. The highest BCUT2D eigenvalue weighted by Gasteiger charge is 2.17. The average molecular weight is 305 g/mol. The summed E-state index contributed by atoms with van der Waals surface area (Å²) in [6.45, 7) is 4.10. The summed E-state index contributed by atoms with van der Waals surface area (Å²) in [4.78, 5) is 15.7. The summed E-state index contributed by atoms with van der Waals surface area (Å²) in [6, 6.07) is 0. The van der Waals surface area contributed by atoms with Crippen LogP contribution in [0.3, 0.4) is 0 Å². The molecule has 3 aromatic heterocycles. The zero-order chi connectivity index (χ0) is 15.1. The van der Waals surface area contributed by atoms with E-state index in [1.807, 2.05) is 16.0 Å². The quantitative estimate of drug-likeness (QED) is 0.539. The highest BCUT2D eigenvalue weighted by molar-refractivity contribution is 7.99. The molecule has 8 heteroatoms. The predicted octanol–water partition coefficient (Wildman–Crippen LogP) is 1.50. The third kappa shape index (κ3) is 2.06. The van der Waals surface area contributed by atoms with E-state index in [-0.39, 0.29) is 11.7 Å². The Morgan fingerprint density at radius 3 is 2.81 bits per heavy atom. The molecule has 110 valence electrons. The van der Waals surface area contributed by atoms with Crippen LogP contribution in [0.4, 0.5) is 0 Å². The molecule has 0 saturated carbocycles. The Morgan fingerprint density at radius 2 is 2.10 bits per heavy atom. The molecule has 3 aromatic rings. The SMILES string of the molecule is COC(=O)CSc1nnc2c3c(C)c(C)n(C)c3ncn12. The molecule has 7 nitrogen and oxygen atoms in total. The van der Waals surface area contributed by atoms with E-state index in [0.717, 1.165) is 27.9 Å². The van der Waals surface area contributed by atoms with E-state index in [0.29, 0.717) is 5.16 Å². The van der Waals surface area contributed by atoms with Crippen LogP contribution in [0.2, 0.25) is 0 Å². The molecular weight excluding hydrogens is 290 g/mol. The van der Waals surface area contributed by atoms with Gasteiger partial charge in [0.25, 0.3) is 0 Å². The van der Waals surface area contributed by atoms with Gasteiger partial charge in [-0.25, -0.2) is 4.98 Å². The van der Waals surface area contributed by atoms with Crippen LogP contribution >= 0.6 is 11.8 Å². The molecule has 3 rings (SSSR count). The molecule has 0 aromatic carbocycles. The molecule has 0 unspecified atom stereocenters. The van der Waals surface area contributed by atoms with Crippen molar-refractivity contribution < 1.29 is 9.53 Å². The van der Waals surface area contributed by atoms with Crippen LogP contribution in [-0.2, 0) is 16.6 Å². The Bertz CT molecular complexity index is 851. The normalized spacial score (nSPS) is 11.4. The highest BCUT2D eigenvalue weighted by Crippen LogP contribution is 2.27. The number of carbonyl (C=O) groups excluding carboxylic acids is 1. The van der Waals surface area contributed by atoms with Crippen LogP contribution in [0, 0.1) is 13.8 Å². The molecule has 0 aliphatic carbocycles. The van der Waals surface area contributed by atoms with Crippen LogP contribution in [0.1, 0.15) is 11.3 Å². The molecular formula is C13H15N5O2S. The molecule has 0 fully saturated rings. The van der Waals surface area contributed by atoms with Crippen molar-refractivity contribution in [2.75, 3.05) is 12.9 Å². The van der Waals surface area contributed by atoms with Crippen LogP contribution in [0.5, 0.6) is 0 Å². The van der Waals surface area contributed by atoms with Gasteiger partial charge >= 0.3 is 5.97 Å². The molecule has 0 N–H and O–H groups in total. The Balaban J connectivity index is 2.13. The van der Waals surface area contributed by atoms with E-state index in [1.165, 1.54) is 18.9 Å². The van der Waals surface area contributed by atoms with E-state index < -0.39 is 0 Å². The minimum Gasteiger partial charge on any atom is -0.468 e. The number of rotatable bonds is 3. The number of hydrogen-bond acceptors (Lipinski definition) is 6. The summed E-state index contributed by atoms with van der Waals surface area (Å²) in [5.41, 5.74) is 3.93. The molecule has 0 radical (unpaired) electrons. The maximum Gasteiger partial charge on any atom is 0.316 e. The minimum absolute atomic E-state index is 0.197. The first-order chi connectivity index (χ1) is 10.0. The fourth-order valence-corrected chi connectivity index (χ4v) is 3.03. The van der Waals surface area contributed by atoms with Gasteiger partial charge in [0, 0.05) is 12.7 Å². The minimum atomic E-state index is -0.294. The second-order valence-electron chi connectivity index (χ2n) is 4.75. The number of aromatic nitrogens is 5. The number of fused-ring (bicyclic) bond motifs is 3. The van der Waals surface area contributed by atoms with Crippen LogP contribution in [0.25, 0.3) is 16.7 Å². The molecule has 3 heterocycles. The number of nitrogens with zero attached hydrogens (tertiary/aromatic N) is 5. The molecule has 21 heavy (non-hydrogen) atoms. The van der Waals surface area contributed by atoms with Gasteiger partial charge in [0.15, 0.2) is 10.8 Å². The lowest BCUT2D eigenvalue weighted by Crippen LogP contribution is -2.04. The molecule has 0 aliphatic rings. The van der Waals surface area contributed by atoms with Gasteiger partial charge in [-0.05, 0) is 19.4 Å². The fraction of sp³-hybridized carbons (Fsp3) is 0.385. The molecule has 0 bridgehead atoms. The van der Waals surface area contributed by atoms with Gasteiger partial charge < -0.3 is 9.30 Å². The second kappa shape index (κ2) is 5.03. The largest absolute Gasteiger partial charge is 0.468 e. The van der Waals surface area contributed by atoms with Gasteiger partial charge in [-0.2, -0.15) is 0 Å². The Labute approximate surface area is 125 Å². The first-order valence-electron chi connectivity index (χ1n) is 6.39. The maximum atomic E-state index is 11.2. The molecule has 0 atom stereocenters. The topological polar surface area (TPSA) is 74.3 Å². The van der Waals surface area contributed by atoms with Crippen LogP contribution in [0.15, 0.2) is 11.5 Å². The fourth-order valence-electron chi connectivity index (χ4n) is 2.29. The van der Waals surface area contributed by atoms with Crippen molar-refractivity contribution >= 4 is 34.4 Å². The smallest absolute Gasteiger partial charge is 0.316 e. The number of thioether (sulfide) groups is 1. The highest BCUT2D eigenvalue weighted by atomic mass is 32.2. The molecule has 0 amide bonds. The number of hydrogen-bond donors (Lipinski definition) is 0. The summed E-state index contributed by atoms with van der Waals surface area (Å²) >= 11 is 1.28. The van der Waals surface area contributed by atoms with Gasteiger partial charge in [0.1, 0.15) is 12.0 Å². The van der Waals surface area contributed by atoms with Gasteiger partial charge in [0.2, 0.25) is 0 Å². The van der Waals surface area contributed by atoms with Crippen molar-refractivity contribution in [1.82, 2.24) is 24.1 Å². The molecule has 0 spiro atoms. The van der Waals surface area contributed by atoms with Gasteiger partial charge in [-0.15, -0.1) is 10.2 Å². The standard InChI is InChI=1S/C13H15N5O2S/c1-7-8(2)17(3)11-10(7)12-15-16-13(18(12)6-14-11)21-5-9(19)20-4/h6H,5H2,1-4H3. The number of ether oxygens (including phenoxy) is 1. The van der Waals surface area contributed by atoms with E-state index in [1.54, 1.807) is 6.33 Å². The van der Waals surface area contributed by atoms with E-state index in [9.17, 15) is 4.79 Å². The van der Waals surface area contributed by atoms with Crippen molar-refractivity contribution in [3.63, 3.8) is 0 Å². The zero-order valence-electron chi connectivity index (χ0n) is 12.2. The van der Waals surface area contributed by atoms with Gasteiger partial charge in [-0.1, -0.05) is 11.8 Å². The van der Waals surface area contributed by atoms with Crippen molar-refractivity contribution in [2.24, 2.45) is 7.05 Å². The van der Waals surface area contributed by atoms with Crippen molar-refractivity contribution in [2.45, 2.75) is 19.0 Å². The Kier molecular flexibility index (Phi) is 3.32. The number of aryl methyl sites for hydroxylation is 2. The van der Waals surface area contributed by atoms with Crippen molar-refractivity contribution in [3.05, 3.63) is 17.6 Å². The van der Waals surface area contributed by atoms with Gasteiger partial charge in [-0.3, -0.25) is 9.20 Å². The van der Waals surface area contributed by atoms with Crippen LogP contribution < -0.4 is 0 Å². The maximum absolute atomic E-state index is 11.2. The Morgan fingerprint density at radius 1 is 1.33 bits per heavy atom.